The molecule has 2 heteroatoms. The van der Waals surface area contributed by atoms with E-state index in [0.717, 1.165) is 12.3 Å². The minimum absolute atomic E-state index is 0.340. The van der Waals surface area contributed by atoms with Gasteiger partial charge in [-0.2, -0.15) is 0 Å². The number of piperidine rings is 1. The van der Waals surface area contributed by atoms with E-state index < -0.39 is 0 Å². The van der Waals surface area contributed by atoms with Crippen molar-refractivity contribution in [1.82, 2.24) is 4.90 Å². The molecule has 1 aliphatic rings. The van der Waals surface area contributed by atoms with Crippen LogP contribution < -0.4 is 4.74 Å². The number of rotatable bonds is 4. The van der Waals surface area contributed by atoms with Crippen LogP contribution in [-0.4, -0.2) is 24.6 Å². The van der Waals surface area contributed by atoms with Crippen LogP contribution in [0.4, 0.5) is 0 Å². The van der Waals surface area contributed by atoms with Crippen molar-refractivity contribution >= 4 is 0 Å². The lowest BCUT2D eigenvalue weighted by Crippen LogP contribution is -2.29. The Balaban J connectivity index is 1.93. The van der Waals surface area contributed by atoms with Crippen LogP contribution in [0.15, 0.2) is 24.3 Å². The summed E-state index contributed by atoms with van der Waals surface area (Å²) in [6.07, 6.45) is 9.21. The van der Waals surface area contributed by atoms with E-state index in [1.165, 1.54) is 37.9 Å². The molecule has 0 bridgehead atoms. The van der Waals surface area contributed by atoms with Crippen LogP contribution in [0, 0.1) is 12.3 Å². The molecule has 1 aromatic carbocycles. The van der Waals surface area contributed by atoms with Crippen molar-refractivity contribution in [3.05, 3.63) is 29.8 Å². The summed E-state index contributed by atoms with van der Waals surface area (Å²) >= 11 is 0. The molecule has 0 spiro atoms. The summed E-state index contributed by atoms with van der Waals surface area (Å²) in [4.78, 5) is 2.50. The van der Waals surface area contributed by atoms with Crippen molar-refractivity contribution in [3.8, 4) is 18.1 Å². The lowest BCUT2D eigenvalue weighted by molar-refractivity contribution is 0.220. The summed E-state index contributed by atoms with van der Waals surface area (Å²) in [5.74, 6) is 3.36. The first-order chi connectivity index (χ1) is 8.38. The third kappa shape index (κ3) is 3.80. The van der Waals surface area contributed by atoms with Gasteiger partial charge in [0.1, 0.15) is 12.4 Å². The van der Waals surface area contributed by atoms with Gasteiger partial charge in [0, 0.05) is 6.54 Å². The van der Waals surface area contributed by atoms with Gasteiger partial charge in [0.05, 0.1) is 0 Å². The molecule has 0 atom stereocenters. The molecule has 0 saturated carbocycles. The van der Waals surface area contributed by atoms with Gasteiger partial charge in [0.15, 0.2) is 0 Å². The Kier molecular flexibility index (Phi) is 4.46. The molecule has 2 rings (SSSR count). The van der Waals surface area contributed by atoms with Crippen molar-refractivity contribution in [2.24, 2.45) is 0 Å². The second-order valence-corrected chi connectivity index (χ2v) is 4.48. The standard InChI is InChI=1S/C15H19NO/c1-2-11-17-15-8-6-7-14(12-15)13-16-9-4-3-5-10-16/h1,6-8,12H,3-5,9-11,13H2. The topological polar surface area (TPSA) is 12.5 Å². The molecule has 0 radical (unpaired) electrons. The van der Waals surface area contributed by atoms with Gasteiger partial charge < -0.3 is 4.74 Å². The zero-order valence-corrected chi connectivity index (χ0v) is 10.2. The van der Waals surface area contributed by atoms with Crippen molar-refractivity contribution < 1.29 is 4.74 Å². The average Bonchev–Trinajstić information content (AvgIpc) is 2.38. The van der Waals surface area contributed by atoms with Crippen LogP contribution in [0.25, 0.3) is 0 Å². The predicted octanol–water partition coefficient (Wildman–Crippen LogP) is 2.68. The second-order valence-electron chi connectivity index (χ2n) is 4.48. The molecule has 2 nitrogen and oxygen atoms in total. The fourth-order valence-electron chi connectivity index (χ4n) is 2.23. The summed E-state index contributed by atoms with van der Waals surface area (Å²) in [7, 11) is 0. The molecule has 90 valence electrons. The van der Waals surface area contributed by atoms with Crippen LogP contribution in [0.5, 0.6) is 5.75 Å². The minimum atomic E-state index is 0.340. The van der Waals surface area contributed by atoms with Crippen LogP contribution >= 0.6 is 0 Å². The molecule has 0 unspecified atom stereocenters. The fraction of sp³-hybridized carbons (Fsp3) is 0.467. The highest BCUT2D eigenvalue weighted by molar-refractivity contribution is 5.28. The number of terminal acetylenes is 1. The largest absolute Gasteiger partial charge is 0.481 e. The van der Waals surface area contributed by atoms with E-state index >= 15 is 0 Å². The Morgan fingerprint density at radius 2 is 2.06 bits per heavy atom. The van der Waals surface area contributed by atoms with E-state index in [1.54, 1.807) is 0 Å². The maximum Gasteiger partial charge on any atom is 0.148 e. The van der Waals surface area contributed by atoms with E-state index in [1.807, 2.05) is 12.1 Å². The van der Waals surface area contributed by atoms with Crippen LogP contribution in [-0.2, 0) is 6.54 Å². The number of benzene rings is 1. The van der Waals surface area contributed by atoms with Crippen LogP contribution in [0.1, 0.15) is 24.8 Å². The Morgan fingerprint density at radius 3 is 2.82 bits per heavy atom. The highest BCUT2D eigenvalue weighted by Gasteiger charge is 2.10. The molecule has 17 heavy (non-hydrogen) atoms. The van der Waals surface area contributed by atoms with Crippen LogP contribution in [0.3, 0.4) is 0 Å². The molecule has 1 aliphatic heterocycles. The fourth-order valence-corrected chi connectivity index (χ4v) is 2.23. The Bertz CT molecular complexity index is 388. The summed E-state index contributed by atoms with van der Waals surface area (Å²) in [5, 5.41) is 0. The lowest BCUT2D eigenvalue weighted by atomic mass is 10.1. The third-order valence-corrected chi connectivity index (χ3v) is 3.08. The predicted molar refractivity (Wildman–Crippen MR) is 69.9 cm³/mol. The Hall–Kier alpha value is -1.46. The van der Waals surface area contributed by atoms with Gasteiger partial charge in [-0.25, -0.2) is 0 Å². The summed E-state index contributed by atoms with van der Waals surface area (Å²) in [6.45, 7) is 3.80. The summed E-state index contributed by atoms with van der Waals surface area (Å²) in [6, 6.07) is 8.23. The quantitative estimate of drug-likeness (QED) is 0.736. The molecular weight excluding hydrogens is 210 g/mol. The molecule has 1 fully saturated rings. The van der Waals surface area contributed by atoms with Gasteiger partial charge in [-0.3, -0.25) is 4.90 Å². The molecule has 0 aliphatic carbocycles. The normalized spacial score (nSPS) is 16.4. The van der Waals surface area contributed by atoms with E-state index in [0.29, 0.717) is 6.61 Å². The molecule has 1 aromatic rings. The van der Waals surface area contributed by atoms with Gasteiger partial charge in [-0.05, 0) is 43.6 Å². The highest BCUT2D eigenvalue weighted by Crippen LogP contribution is 2.17. The Labute approximate surface area is 104 Å². The monoisotopic (exact) mass is 229 g/mol. The number of ether oxygens (including phenoxy) is 1. The molecule has 1 heterocycles. The van der Waals surface area contributed by atoms with Crippen molar-refractivity contribution in [2.75, 3.05) is 19.7 Å². The molecule has 0 aromatic heterocycles. The first kappa shape index (κ1) is 12.0. The van der Waals surface area contributed by atoms with Crippen molar-refractivity contribution in [2.45, 2.75) is 25.8 Å². The SMILES string of the molecule is C#CCOc1cccc(CN2CCCCC2)c1. The molecule has 0 N–H and O–H groups in total. The summed E-state index contributed by atoms with van der Waals surface area (Å²) in [5.41, 5.74) is 1.31. The van der Waals surface area contributed by atoms with E-state index in [-0.39, 0.29) is 0 Å². The number of hydrogen-bond acceptors (Lipinski definition) is 2. The maximum atomic E-state index is 5.43. The van der Waals surface area contributed by atoms with Gasteiger partial charge in [0.25, 0.3) is 0 Å². The maximum absolute atomic E-state index is 5.43. The van der Waals surface area contributed by atoms with E-state index in [2.05, 4.69) is 23.0 Å². The van der Waals surface area contributed by atoms with Gasteiger partial charge in [-0.15, -0.1) is 6.42 Å². The van der Waals surface area contributed by atoms with E-state index in [4.69, 9.17) is 11.2 Å². The van der Waals surface area contributed by atoms with Crippen molar-refractivity contribution in [3.63, 3.8) is 0 Å². The van der Waals surface area contributed by atoms with Gasteiger partial charge in [-0.1, -0.05) is 24.5 Å². The first-order valence-corrected chi connectivity index (χ1v) is 6.26. The highest BCUT2D eigenvalue weighted by atomic mass is 16.5. The lowest BCUT2D eigenvalue weighted by Gasteiger charge is -2.26. The van der Waals surface area contributed by atoms with Crippen LogP contribution in [0.2, 0.25) is 0 Å². The molecule has 1 saturated heterocycles. The molecule has 0 amide bonds. The number of nitrogens with zero attached hydrogens (tertiary/aromatic N) is 1. The number of hydrogen-bond donors (Lipinski definition) is 0. The zero-order valence-electron chi connectivity index (χ0n) is 10.2. The molecular formula is C15H19NO. The Morgan fingerprint density at radius 1 is 1.24 bits per heavy atom. The zero-order chi connectivity index (χ0) is 11.9. The van der Waals surface area contributed by atoms with Gasteiger partial charge >= 0.3 is 0 Å². The smallest absolute Gasteiger partial charge is 0.148 e. The average molecular weight is 229 g/mol. The minimum Gasteiger partial charge on any atom is -0.481 e. The van der Waals surface area contributed by atoms with Crippen molar-refractivity contribution in [1.29, 1.82) is 0 Å². The number of likely N-dealkylation sites (tertiary alicyclic amines) is 1. The van der Waals surface area contributed by atoms with Gasteiger partial charge in [0.2, 0.25) is 0 Å². The third-order valence-electron chi connectivity index (χ3n) is 3.08. The second kappa shape index (κ2) is 6.32. The first-order valence-electron chi connectivity index (χ1n) is 6.26. The van der Waals surface area contributed by atoms with E-state index in [9.17, 15) is 0 Å². The summed E-state index contributed by atoms with van der Waals surface area (Å²) < 4.78 is 5.43.